The molecule has 0 aliphatic heterocycles. The molecular weight excluding hydrogens is 225 g/mol. The number of rotatable bonds is 5. The topological polar surface area (TPSA) is 18.5 Å². The van der Waals surface area contributed by atoms with Crippen LogP contribution in [-0.4, -0.2) is 32.1 Å². The lowest BCUT2D eigenvalue weighted by Gasteiger charge is -2.16. The molecule has 0 aromatic heterocycles. The normalized spacial score (nSPS) is 13.7. The number of halogens is 7. The Morgan fingerprint density at radius 3 is 1.79 bits per heavy atom. The Bertz CT molecular complexity index is 166. The molecule has 0 aliphatic rings. The molecule has 0 amide bonds. The molecule has 0 radical (unpaired) electrons. The monoisotopic (exact) mass is 230 g/mol. The maximum absolute atomic E-state index is 12.2. The van der Waals surface area contributed by atoms with E-state index in [4.69, 9.17) is 0 Å². The minimum Gasteiger partial charge on any atom is -0.317 e. The van der Waals surface area contributed by atoms with Crippen molar-refractivity contribution >= 4 is 0 Å². The van der Waals surface area contributed by atoms with Crippen LogP contribution in [0.2, 0.25) is 0 Å². The average Bonchev–Trinajstić information content (AvgIpc) is 1.97. The van der Waals surface area contributed by atoms with Crippen molar-refractivity contribution in [1.82, 2.24) is 0 Å². The van der Waals surface area contributed by atoms with E-state index in [1.54, 1.807) is 0 Å². The van der Waals surface area contributed by atoms with Gasteiger partial charge < -0.3 is 4.74 Å². The van der Waals surface area contributed by atoms with Gasteiger partial charge in [0.25, 0.3) is 5.92 Å². The second kappa shape index (κ2) is 4.78. The summed E-state index contributed by atoms with van der Waals surface area (Å²) in [5, 5.41) is 0. The zero-order valence-electron chi connectivity index (χ0n) is 6.45. The molecule has 9 heteroatoms. The van der Waals surface area contributed by atoms with Crippen molar-refractivity contribution in [2.75, 3.05) is 13.2 Å². The molecular formula is C5H5F7O2. The second-order valence-corrected chi connectivity index (χ2v) is 2.16. The molecule has 0 fully saturated rings. The lowest BCUT2D eigenvalue weighted by atomic mass is 10.4. The van der Waals surface area contributed by atoms with Gasteiger partial charge in [-0.05, 0) is 0 Å². The summed E-state index contributed by atoms with van der Waals surface area (Å²) in [6.07, 6.45) is -5.23. The predicted octanol–water partition coefficient (Wildman–Crippen LogP) is 2.40. The maximum atomic E-state index is 12.2. The van der Waals surface area contributed by atoms with E-state index in [2.05, 4.69) is 9.47 Å². The minimum absolute atomic E-state index is 1.83. The van der Waals surface area contributed by atoms with Gasteiger partial charge in [0.15, 0.2) is 0 Å². The first-order valence-electron chi connectivity index (χ1n) is 3.11. The van der Waals surface area contributed by atoms with E-state index in [0.717, 1.165) is 0 Å². The molecule has 0 rings (SSSR count). The van der Waals surface area contributed by atoms with Crippen LogP contribution in [0.15, 0.2) is 0 Å². The highest BCUT2D eigenvalue weighted by Gasteiger charge is 2.38. The molecule has 0 aromatic carbocycles. The second-order valence-electron chi connectivity index (χ2n) is 2.16. The van der Waals surface area contributed by atoms with Gasteiger partial charge in [0.2, 0.25) is 0 Å². The summed E-state index contributed by atoms with van der Waals surface area (Å²) in [5.74, 6) is -4.11. The predicted molar refractivity (Wildman–Crippen MR) is 28.9 cm³/mol. The summed E-state index contributed by atoms with van der Waals surface area (Å²) in [5.41, 5.74) is 0. The molecule has 0 aromatic rings. The summed E-state index contributed by atoms with van der Waals surface area (Å²) in [6, 6.07) is 0. The standard InChI is InChI=1S/C5H5F7O2/c6-3(7)13-1-4(8,9)2-14-5(10,11)12/h3H,1-2H2. The van der Waals surface area contributed by atoms with Crippen molar-refractivity contribution in [3.05, 3.63) is 0 Å². The van der Waals surface area contributed by atoms with Gasteiger partial charge in [-0.2, -0.15) is 8.78 Å². The lowest BCUT2D eigenvalue weighted by Crippen LogP contribution is -2.33. The minimum atomic E-state index is -5.23. The molecule has 0 heterocycles. The maximum Gasteiger partial charge on any atom is 0.522 e. The Kier molecular flexibility index (Phi) is 4.59. The van der Waals surface area contributed by atoms with Crippen molar-refractivity contribution in [3.63, 3.8) is 0 Å². The summed E-state index contributed by atoms with van der Waals surface area (Å²) in [4.78, 5) is 0. The van der Waals surface area contributed by atoms with Crippen molar-refractivity contribution < 1.29 is 40.2 Å². The fraction of sp³-hybridized carbons (Fsp3) is 1.00. The zero-order chi connectivity index (χ0) is 11.4. The van der Waals surface area contributed by atoms with Gasteiger partial charge >= 0.3 is 13.0 Å². The third-order valence-electron chi connectivity index (χ3n) is 0.867. The Labute approximate surface area is 73.6 Å². The molecule has 0 saturated carbocycles. The molecule has 0 atom stereocenters. The average molecular weight is 230 g/mol. The van der Waals surface area contributed by atoms with Crippen LogP contribution in [0, 0.1) is 0 Å². The molecule has 0 bridgehead atoms. The Morgan fingerprint density at radius 2 is 1.43 bits per heavy atom. The highest BCUT2D eigenvalue weighted by Crippen LogP contribution is 2.22. The lowest BCUT2D eigenvalue weighted by molar-refractivity contribution is -0.344. The fourth-order valence-corrected chi connectivity index (χ4v) is 0.414. The molecule has 0 unspecified atom stereocenters. The molecule has 0 N–H and O–H groups in total. The van der Waals surface area contributed by atoms with E-state index in [-0.39, 0.29) is 0 Å². The van der Waals surface area contributed by atoms with Gasteiger partial charge in [0.05, 0.1) is 0 Å². The van der Waals surface area contributed by atoms with Gasteiger partial charge in [0.1, 0.15) is 13.2 Å². The summed E-state index contributed by atoms with van der Waals surface area (Å²) >= 11 is 0. The van der Waals surface area contributed by atoms with E-state index in [1.807, 2.05) is 0 Å². The Balaban J connectivity index is 3.83. The van der Waals surface area contributed by atoms with Crippen LogP contribution < -0.4 is 0 Å². The molecule has 2 nitrogen and oxygen atoms in total. The molecule has 0 saturated heterocycles. The number of hydrogen-bond donors (Lipinski definition) is 0. The van der Waals surface area contributed by atoms with E-state index in [0.29, 0.717) is 0 Å². The first kappa shape index (κ1) is 13.4. The first-order valence-corrected chi connectivity index (χ1v) is 3.11. The van der Waals surface area contributed by atoms with Crippen LogP contribution in [0.3, 0.4) is 0 Å². The van der Waals surface area contributed by atoms with E-state index < -0.39 is 32.1 Å². The van der Waals surface area contributed by atoms with Gasteiger partial charge in [-0.3, -0.25) is 4.74 Å². The third-order valence-corrected chi connectivity index (χ3v) is 0.867. The zero-order valence-corrected chi connectivity index (χ0v) is 6.45. The first-order chi connectivity index (χ1) is 6.12. The molecule has 14 heavy (non-hydrogen) atoms. The van der Waals surface area contributed by atoms with Crippen LogP contribution in [0.4, 0.5) is 30.7 Å². The van der Waals surface area contributed by atoms with Crippen LogP contribution in [0.5, 0.6) is 0 Å². The van der Waals surface area contributed by atoms with Crippen LogP contribution >= 0.6 is 0 Å². The van der Waals surface area contributed by atoms with E-state index in [9.17, 15) is 30.7 Å². The van der Waals surface area contributed by atoms with Crippen molar-refractivity contribution in [3.8, 4) is 0 Å². The summed E-state index contributed by atoms with van der Waals surface area (Å²) in [6.45, 7) is -7.35. The highest BCUT2D eigenvalue weighted by atomic mass is 19.4. The quantitative estimate of drug-likeness (QED) is 0.675. The van der Waals surface area contributed by atoms with E-state index in [1.165, 1.54) is 0 Å². The largest absolute Gasteiger partial charge is 0.522 e. The molecule has 0 spiro atoms. The van der Waals surface area contributed by atoms with Crippen LogP contribution in [-0.2, 0) is 9.47 Å². The number of ether oxygens (including phenoxy) is 2. The van der Waals surface area contributed by atoms with Gasteiger partial charge in [-0.1, -0.05) is 0 Å². The van der Waals surface area contributed by atoms with Crippen LogP contribution in [0.1, 0.15) is 0 Å². The smallest absolute Gasteiger partial charge is 0.317 e. The Hall–Kier alpha value is -0.570. The van der Waals surface area contributed by atoms with Gasteiger partial charge in [-0.15, -0.1) is 13.2 Å². The third kappa shape index (κ3) is 8.05. The number of alkyl halides is 7. The van der Waals surface area contributed by atoms with Gasteiger partial charge in [-0.25, -0.2) is 8.78 Å². The number of hydrogen-bond acceptors (Lipinski definition) is 2. The SMILES string of the molecule is FC(F)OCC(F)(F)COC(F)(F)F. The van der Waals surface area contributed by atoms with E-state index >= 15 is 0 Å². The van der Waals surface area contributed by atoms with Crippen molar-refractivity contribution in [2.45, 2.75) is 18.9 Å². The molecule has 86 valence electrons. The summed E-state index contributed by atoms with van der Waals surface area (Å²) in [7, 11) is 0. The fourth-order valence-electron chi connectivity index (χ4n) is 0.414. The highest BCUT2D eigenvalue weighted by molar-refractivity contribution is 4.63. The Morgan fingerprint density at radius 1 is 0.929 bits per heavy atom. The molecule has 0 aliphatic carbocycles. The van der Waals surface area contributed by atoms with Crippen molar-refractivity contribution in [2.24, 2.45) is 0 Å². The van der Waals surface area contributed by atoms with Crippen molar-refractivity contribution in [1.29, 1.82) is 0 Å². The van der Waals surface area contributed by atoms with Gasteiger partial charge in [0, 0.05) is 0 Å². The summed E-state index contributed by atoms with van der Waals surface area (Å²) < 4.78 is 86.5. The van der Waals surface area contributed by atoms with Crippen LogP contribution in [0.25, 0.3) is 0 Å².